The van der Waals surface area contributed by atoms with E-state index >= 15 is 0 Å². The van der Waals surface area contributed by atoms with E-state index in [9.17, 15) is 14.7 Å². The van der Waals surface area contributed by atoms with Gasteiger partial charge in [-0.1, -0.05) is 6.92 Å². The van der Waals surface area contributed by atoms with Crippen molar-refractivity contribution in [3.05, 3.63) is 33.2 Å². The third kappa shape index (κ3) is 3.70. The first-order chi connectivity index (χ1) is 9.47. The predicted octanol–water partition coefficient (Wildman–Crippen LogP) is 1.23. The molecule has 2 heterocycles. The fraction of sp³-hybridized carbons (Fsp3) is 0.571. The molecular weight excluding hydrogens is 324 g/mol. The van der Waals surface area contributed by atoms with Crippen molar-refractivity contribution >= 4 is 21.8 Å². The van der Waals surface area contributed by atoms with Crippen LogP contribution in [0.4, 0.5) is 0 Å². The monoisotopic (exact) mass is 342 g/mol. The number of amides is 1. The lowest BCUT2D eigenvalue weighted by Crippen LogP contribution is -2.46. The highest BCUT2D eigenvalue weighted by Crippen LogP contribution is 2.17. The summed E-state index contributed by atoms with van der Waals surface area (Å²) in [5.41, 5.74) is -0.117. The standard InChI is InChI=1S/C14H19BrN2O3/c1-10-4-6-17(9-12(10)18)14(20)5-7-16-8-11(15)2-3-13(16)19/h2-3,8,10,12,18H,4-7,9H2,1H3. The number of hydrogen-bond donors (Lipinski definition) is 1. The minimum atomic E-state index is -0.443. The van der Waals surface area contributed by atoms with Gasteiger partial charge in [0.25, 0.3) is 5.56 Å². The summed E-state index contributed by atoms with van der Waals surface area (Å²) in [5, 5.41) is 9.81. The minimum Gasteiger partial charge on any atom is -0.391 e. The van der Waals surface area contributed by atoms with Crippen LogP contribution in [0.25, 0.3) is 0 Å². The topological polar surface area (TPSA) is 62.5 Å². The van der Waals surface area contributed by atoms with Crippen molar-refractivity contribution in [3.8, 4) is 0 Å². The van der Waals surface area contributed by atoms with E-state index in [1.807, 2.05) is 6.92 Å². The Labute approximate surface area is 126 Å². The maximum atomic E-state index is 12.1. The van der Waals surface area contributed by atoms with Gasteiger partial charge in [-0.3, -0.25) is 9.59 Å². The van der Waals surface area contributed by atoms with Gasteiger partial charge in [0.15, 0.2) is 0 Å². The number of β-amino-alcohol motifs (C(OH)–C–C–N with tert-alkyl or cyclic N) is 1. The van der Waals surface area contributed by atoms with Gasteiger partial charge >= 0.3 is 0 Å². The van der Waals surface area contributed by atoms with Crippen molar-refractivity contribution in [1.29, 1.82) is 0 Å². The molecule has 2 rings (SSSR count). The zero-order chi connectivity index (χ0) is 14.7. The van der Waals surface area contributed by atoms with E-state index in [2.05, 4.69) is 15.9 Å². The van der Waals surface area contributed by atoms with E-state index in [1.165, 1.54) is 10.6 Å². The van der Waals surface area contributed by atoms with Crippen molar-refractivity contribution in [2.45, 2.75) is 32.4 Å². The van der Waals surface area contributed by atoms with Gasteiger partial charge in [0.2, 0.25) is 5.91 Å². The molecule has 0 radical (unpaired) electrons. The van der Waals surface area contributed by atoms with Crippen molar-refractivity contribution in [2.24, 2.45) is 5.92 Å². The van der Waals surface area contributed by atoms with Gasteiger partial charge in [-0.05, 0) is 34.3 Å². The summed E-state index contributed by atoms with van der Waals surface area (Å²) in [5.74, 6) is 0.231. The Morgan fingerprint density at radius 1 is 1.50 bits per heavy atom. The Kier molecular flexibility index (Phi) is 4.99. The number of rotatable bonds is 3. The summed E-state index contributed by atoms with van der Waals surface area (Å²) < 4.78 is 2.33. The van der Waals surface area contributed by atoms with E-state index in [0.29, 0.717) is 19.6 Å². The molecule has 1 aliphatic heterocycles. The van der Waals surface area contributed by atoms with E-state index in [1.54, 1.807) is 17.2 Å². The molecule has 5 nitrogen and oxygen atoms in total. The smallest absolute Gasteiger partial charge is 0.250 e. The lowest BCUT2D eigenvalue weighted by molar-refractivity contribution is -0.135. The van der Waals surface area contributed by atoms with Crippen molar-refractivity contribution in [1.82, 2.24) is 9.47 Å². The van der Waals surface area contributed by atoms with Gasteiger partial charge < -0.3 is 14.6 Å². The molecule has 1 aliphatic rings. The van der Waals surface area contributed by atoms with Gasteiger partial charge in [-0.25, -0.2) is 0 Å². The second-order valence-corrected chi connectivity index (χ2v) is 6.22. The van der Waals surface area contributed by atoms with Crippen molar-refractivity contribution < 1.29 is 9.90 Å². The largest absolute Gasteiger partial charge is 0.391 e. The summed E-state index contributed by atoms with van der Waals surface area (Å²) >= 11 is 3.31. The lowest BCUT2D eigenvalue weighted by atomic mass is 9.96. The van der Waals surface area contributed by atoms with Crippen LogP contribution in [-0.2, 0) is 11.3 Å². The van der Waals surface area contributed by atoms with Crippen LogP contribution in [0.5, 0.6) is 0 Å². The zero-order valence-corrected chi connectivity index (χ0v) is 13.0. The van der Waals surface area contributed by atoms with Crippen LogP contribution in [0, 0.1) is 5.92 Å². The number of likely N-dealkylation sites (tertiary alicyclic amines) is 1. The molecule has 1 aromatic heterocycles. The van der Waals surface area contributed by atoms with Crippen LogP contribution < -0.4 is 5.56 Å². The highest BCUT2D eigenvalue weighted by molar-refractivity contribution is 9.10. The molecule has 110 valence electrons. The maximum Gasteiger partial charge on any atom is 0.250 e. The first-order valence-electron chi connectivity index (χ1n) is 6.79. The Hall–Kier alpha value is -1.14. The zero-order valence-electron chi connectivity index (χ0n) is 11.5. The third-order valence-electron chi connectivity index (χ3n) is 3.79. The lowest BCUT2D eigenvalue weighted by Gasteiger charge is -2.34. The number of pyridine rings is 1. The van der Waals surface area contributed by atoms with Gasteiger partial charge in [0.1, 0.15) is 0 Å². The predicted molar refractivity (Wildman–Crippen MR) is 79.4 cm³/mol. The average Bonchev–Trinajstić information content (AvgIpc) is 2.42. The number of aliphatic hydroxyl groups is 1. The number of piperidine rings is 1. The number of carbonyl (C=O) groups excluding carboxylic acids is 1. The number of aryl methyl sites for hydroxylation is 1. The molecular formula is C14H19BrN2O3. The summed E-state index contributed by atoms with van der Waals surface area (Å²) in [6.45, 7) is 3.44. The molecule has 1 aromatic rings. The Bertz CT molecular complexity index is 543. The molecule has 1 amide bonds. The SMILES string of the molecule is CC1CCN(C(=O)CCn2cc(Br)ccc2=O)CC1O. The number of carbonyl (C=O) groups is 1. The fourth-order valence-electron chi connectivity index (χ4n) is 2.33. The second kappa shape index (κ2) is 6.54. The Morgan fingerprint density at radius 3 is 2.95 bits per heavy atom. The van der Waals surface area contributed by atoms with Crippen LogP contribution in [0.1, 0.15) is 19.8 Å². The maximum absolute atomic E-state index is 12.1. The Morgan fingerprint density at radius 2 is 2.25 bits per heavy atom. The van der Waals surface area contributed by atoms with E-state index in [4.69, 9.17) is 0 Å². The van der Waals surface area contributed by atoms with Crippen LogP contribution in [0.15, 0.2) is 27.6 Å². The molecule has 0 aromatic carbocycles. The normalized spacial score (nSPS) is 22.9. The number of nitrogens with zero attached hydrogens (tertiary/aromatic N) is 2. The van der Waals surface area contributed by atoms with E-state index < -0.39 is 6.10 Å². The molecule has 0 saturated carbocycles. The number of aromatic nitrogens is 1. The van der Waals surface area contributed by atoms with Gasteiger partial charge in [0.05, 0.1) is 6.10 Å². The van der Waals surface area contributed by atoms with Crippen LogP contribution in [0.3, 0.4) is 0 Å². The van der Waals surface area contributed by atoms with E-state index in [0.717, 1.165) is 10.9 Å². The van der Waals surface area contributed by atoms with Crippen molar-refractivity contribution in [3.63, 3.8) is 0 Å². The molecule has 2 atom stereocenters. The average molecular weight is 343 g/mol. The second-order valence-electron chi connectivity index (χ2n) is 5.30. The number of aliphatic hydroxyl groups excluding tert-OH is 1. The van der Waals surface area contributed by atoms with Crippen LogP contribution in [-0.4, -0.2) is 39.7 Å². The first kappa shape index (κ1) is 15.3. The van der Waals surface area contributed by atoms with Crippen molar-refractivity contribution in [2.75, 3.05) is 13.1 Å². The summed E-state index contributed by atoms with van der Waals surface area (Å²) in [7, 11) is 0. The molecule has 1 N–H and O–H groups in total. The van der Waals surface area contributed by atoms with Gasteiger partial charge in [-0.15, -0.1) is 0 Å². The highest BCUT2D eigenvalue weighted by atomic mass is 79.9. The summed E-state index contributed by atoms with van der Waals surface area (Å²) in [6, 6.07) is 3.16. The fourth-order valence-corrected chi connectivity index (χ4v) is 2.71. The van der Waals surface area contributed by atoms with Gasteiger partial charge in [0, 0.05) is 42.8 Å². The van der Waals surface area contributed by atoms with E-state index in [-0.39, 0.29) is 23.8 Å². The summed E-state index contributed by atoms with van der Waals surface area (Å²) in [6.07, 6.45) is 2.34. The van der Waals surface area contributed by atoms with Gasteiger partial charge in [-0.2, -0.15) is 0 Å². The number of hydrogen-bond acceptors (Lipinski definition) is 3. The molecule has 1 fully saturated rings. The minimum absolute atomic E-state index is 0.0113. The highest BCUT2D eigenvalue weighted by Gasteiger charge is 2.26. The summed E-state index contributed by atoms with van der Waals surface area (Å²) in [4.78, 5) is 25.4. The molecule has 0 bridgehead atoms. The molecule has 0 spiro atoms. The van der Waals surface area contributed by atoms with Crippen LogP contribution >= 0.6 is 15.9 Å². The quantitative estimate of drug-likeness (QED) is 0.898. The molecule has 20 heavy (non-hydrogen) atoms. The molecule has 6 heteroatoms. The van der Waals surface area contributed by atoms with Crippen LogP contribution in [0.2, 0.25) is 0 Å². The third-order valence-corrected chi connectivity index (χ3v) is 4.25. The first-order valence-corrected chi connectivity index (χ1v) is 7.58. The molecule has 0 aliphatic carbocycles. The molecule has 1 saturated heterocycles. The Balaban J connectivity index is 1.92. The molecule has 2 unspecified atom stereocenters. The number of halogens is 1.